The van der Waals surface area contributed by atoms with Crippen LogP contribution in [0.2, 0.25) is 0 Å². The van der Waals surface area contributed by atoms with E-state index in [0.29, 0.717) is 4.88 Å². The van der Waals surface area contributed by atoms with Gasteiger partial charge in [-0.3, -0.25) is 0 Å². The molecule has 2 aromatic rings. The zero-order valence-corrected chi connectivity index (χ0v) is 8.11. The predicted octanol–water partition coefficient (Wildman–Crippen LogP) is 2.15. The molecule has 0 aliphatic carbocycles. The van der Waals surface area contributed by atoms with Crippen LogP contribution in [0.25, 0.3) is 9.40 Å². The van der Waals surface area contributed by atoms with Gasteiger partial charge in [-0.05, 0) is 12.1 Å². The predicted molar refractivity (Wildman–Crippen MR) is 52.6 cm³/mol. The maximum absolute atomic E-state index is 10.6. The third-order valence-corrected chi connectivity index (χ3v) is 4.00. The van der Waals surface area contributed by atoms with Gasteiger partial charge in [0.1, 0.15) is 4.88 Å². The summed E-state index contributed by atoms with van der Waals surface area (Å²) in [5, 5.41) is 18.4. The molecule has 0 saturated heterocycles. The van der Waals surface area contributed by atoms with Crippen molar-refractivity contribution in [2.45, 2.75) is 6.61 Å². The first-order valence-electron chi connectivity index (χ1n) is 3.57. The Hall–Kier alpha value is -0.910. The number of carboxylic acids is 1. The monoisotopic (exact) mass is 214 g/mol. The summed E-state index contributed by atoms with van der Waals surface area (Å²) >= 11 is 2.69. The number of hydrogen-bond acceptors (Lipinski definition) is 4. The highest BCUT2D eigenvalue weighted by molar-refractivity contribution is 7.39. The number of hydrogen-bond donors (Lipinski definition) is 2. The van der Waals surface area contributed by atoms with Gasteiger partial charge in [-0.15, -0.1) is 22.7 Å². The molecular weight excluding hydrogens is 208 g/mol. The molecule has 5 heteroatoms. The SMILES string of the molecule is O=C(O)c1cc2cc(CO)sc2s1. The lowest BCUT2D eigenvalue weighted by molar-refractivity contribution is 0.0702. The minimum absolute atomic E-state index is 0.0223. The van der Waals surface area contributed by atoms with Gasteiger partial charge < -0.3 is 10.2 Å². The van der Waals surface area contributed by atoms with Crippen LogP contribution in [0.4, 0.5) is 0 Å². The zero-order valence-electron chi connectivity index (χ0n) is 6.48. The average molecular weight is 214 g/mol. The Morgan fingerprint density at radius 3 is 2.69 bits per heavy atom. The van der Waals surface area contributed by atoms with Gasteiger partial charge in [0.05, 0.1) is 10.6 Å². The van der Waals surface area contributed by atoms with Gasteiger partial charge >= 0.3 is 5.97 Å². The van der Waals surface area contributed by atoms with Crippen LogP contribution in [0.5, 0.6) is 0 Å². The molecule has 2 rings (SSSR count). The Bertz CT molecular complexity index is 423. The molecule has 13 heavy (non-hydrogen) atoms. The Kier molecular flexibility index (Phi) is 2.07. The van der Waals surface area contributed by atoms with Crippen molar-refractivity contribution in [1.29, 1.82) is 0 Å². The number of aliphatic hydroxyl groups is 1. The van der Waals surface area contributed by atoms with Crippen molar-refractivity contribution in [3.63, 3.8) is 0 Å². The molecule has 3 nitrogen and oxygen atoms in total. The molecule has 0 aliphatic heterocycles. The molecular formula is C8H6O3S2. The van der Waals surface area contributed by atoms with E-state index in [1.165, 1.54) is 22.7 Å². The van der Waals surface area contributed by atoms with Gasteiger partial charge in [-0.25, -0.2) is 4.79 Å². The third kappa shape index (κ3) is 1.46. The van der Waals surface area contributed by atoms with E-state index in [9.17, 15) is 4.79 Å². The van der Waals surface area contributed by atoms with Gasteiger partial charge in [-0.2, -0.15) is 0 Å². The second kappa shape index (κ2) is 3.10. The van der Waals surface area contributed by atoms with Crippen LogP contribution in [-0.2, 0) is 6.61 Å². The van der Waals surface area contributed by atoms with Crippen LogP contribution in [0.15, 0.2) is 12.1 Å². The van der Waals surface area contributed by atoms with Crippen LogP contribution < -0.4 is 0 Å². The topological polar surface area (TPSA) is 57.5 Å². The summed E-state index contributed by atoms with van der Waals surface area (Å²) in [6.45, 7) is 0.0223. The molecule has 0 unspecified atom stereocenters. The second-order valence-electron chi connectivity index (χ2n) is 2.53. The van der Waals surface area contributed by atoms with E-state index < -0.39 is 5.97 Å². The van der Waals surface area contributed by atoms with Crippen LogP contribution in [-0.4, -0.2) is 16.2 Å². The van der Waals surface area contributed by atoms with Gasteiger partial charge in [0.2, 0.25) is 0 Å². The second-order valence-corrected chi connectivity index (χ2v) is 4.98. The Labute approximate surface area is 81.9 Å². The van der Waals surface area contributed by atoms with Crippen molar-refractivity contribution in [3.8, 4) is 0 Å². The molecule has 0 spiro atoms. The molecule has 0 aromatic carbocycles. The molecule has 0 saturated carbocycles. The van der Waals surface area contributed by atoms with Crippen LogP contribution in [0.1, 0.15) is 14.5 Å². The molecule has 2 heterocycles. The lowest BCUT2D eigenvalue weighted by Gasteiger charge is -1.83. The molecule has 0 bridgehead atoms. The summed E-state index contributed by atoms with van der Waals surface area (Å²) in [7, 11) is 0. The Morgan fingerprint density at radius 1 is 1.38 bits per heavy atom. The lowest BCUT2D eigenvalue weighted by Crippen LogP contribution is -1.89. The number of aliphatic hydroxyl groups excluding tert-OH is 1. The van der Waals surface area contributed by atoms with Crippen LogP contribution >= 0.6 is 22.7 Å². The summed E-state index contributed by atoms with van der Waals surface area (Å²) in [6, 6.07) is 3.46. The fourth-order valence-electron chi connectivity index (χ4n) is 1.07. The van der Waals surface area contributed by atoms with Crippen molar-refractivity contribution >= 4 is 38.0 Å². The fraction of sp³-hybridized carbons (Fsp3) is 0.125. The molecule has 0 amide bonds. The summed E-state index contributed by atoms with van der Waals surface area (Å²) in [5.41, 5.74) is 0. The Morgan fingerprint density at radius 2 is 2.15 bits per heavy atom. The largest absolute Gasteiger partial charge is 0.477 e. The quantitative estimate of drug-likeness (QED) is 0.805. The van der Waals surface area contributed by atoms with Crippen LogP contribution in [0.3, 0.4) is 0 Å². The average Bonchev–Trinajstić information content (AvgIpc) is 2.58. The van der Waals surface area contributed by atoms with Crippen LogP contribution in [0, 0.1) is 0 Å². The highest BCUT2D eigenvalue weighted by Gasteiger charge is 2.10. The number of carbonyl (C=O) groups is 1. The fourth-order valence-corrected chi connectivity index (χ4v) is 3.26. The first-order valence-corrected chi connectivity index (χ1v) is 5.20. The van der Waals surface area contributed by atoms with E-state index in [0.717, 1.165) is 14.3 Å². The summed E-state index contributed by atoms with van der Waals surface area (Å²) in [5.74, 6) is -0.890. The molecule has 2 N–H and O–H groups in total. The molecule has 0 radical (unpaired) electrons. The maximum Gasteiger partial charge on any atom is 0.345 e. The normalized spacial score (nSPS) is 10.8. The number of rotatable bonds is 2. The minimum atomic E-state index is -0.890. The smallest absolute Gasteiger partial charge is 0.345 e. The van der Waals surface area contributed by atoms with Gasteiger partial charge in [-0.1, -0.05) is 0 Å². The summed E-state index contributed by atoms with van der Waals surface area (Å²) in [4.78, 5) is 11.8. The zero-order chi connectivity index (χ0) is 9.42. The van der Waals surface area contributed by atoms with E-state index >= 15 is 0 Å². The number of aromatic carboxylic acids is 1. The maximum atomic E-state index is 10.6. The first kappa shape index (κ1) is 8.68. The van der Waals surface area contributed by atoms with Crippen molar-refractivity contribution in [2.75, 3.05) is 0 Å². The number of fused-ring (bicyclic) bond motifs is 1. The van der Waals surface area contributed by atoms with Crippen molar-refractivity contribution in [1.82, 2.24) is 0 Å². The van der Waals surface area contributed by atoms with E-state index in [1.807, 2.05) is 6.07 Å². The van der Waals surface area contributed by atoms with Crippen molar-refractivity contribution in [2.24, 2.45) is 0 Å². The molecule has 0 atom stereocenters. The molecule has 0 fully saturated rings. The van der Waals surface area contributed by atoms with Crippen molar-refractivity contribution in [3.05, 3.63) is 21.9 Å². The van der Waals surface area contributed by atoms with E-state index in [2.05, 4.69) is 0 Å². The van der Waals surface area contributed by atoms with E-state index in [1.54, 1.807) is 6.07 Å². The molecule has 68 valence electrons. The minimum Gasteiger partial charge on any atom is -0.477 e. The van der Waals surface area contributed by atoms with E-state index in [4.69, 9.17) is 10.2 Å². The van der Waals surface area contributed by atoms with Crippen molar-refractivity contribution < 1.29 is 15.0 Å². The van der Waals surface area contributed by atoms with Gasteiger partial charge in [0.25, 0.3) is 0 Å². The standard InChI is InChI=1S/C8H6O3S2/c9-3-5-1-4-2-6(7(10)11)13-8(4)12-5/h1-2,9H,3H2,(H,10,11). The summed E-state index contributed by atoms with van der Waals surface area (Å²) in [6.07, 6.45) is 0. The summed E-state index contributed by atoms with van der Waals surface area (Å²) < 4.78 is 0.960. The number of carboxylic acid groups (broad SMARTS) is 1. The molecule has 0 aliphatic rings. The lowest BCUT2D eigenvalue weighted by atomic mass is 10.3. The highest BCUT2D eigenvalue weighted by atomic mass is 32.2. The number of thiophene rings is 2. The van der Waals surface area contributed by atoms with Gasteiger partial charge in [0.15, 0.2) is 0 Å². The first-order chi connectivity index (χ1) is 6.20. The van der Waals surface area contributed by atoms with Gasteiger partial charge in [0, 0.05) is 10.3 Å². The van der Waals surface area contributed by atoms with E-state index in [-0.39, 0.29) is 6.61 Å². The Balaban J connectivity index is 2.54. The third-order valence-electron chi connectivity index (χ3n) is 1.63. The highest BCUT2D eigenvalue weighted by Crippen LogP contribution is 2.33. The molecule has 2 aromatic heterocycles.